The second-order valence-corrected chi connectivity index (χ2v) is 3.50. The second kappa shape index (κ2) is 8.08. The lowest BCUT2D eigenvalue weighted by atomic mass is 10.2. The Kier molecular flexibility index (Phi) is 7.40. The third-order valence-electron chi connectivity index (χ3n) is 2.00. The molecule has 2 amide bonds. The van der Waals surface area contributed by atoms with Crippen molar-refractivity contribution >= 4 is 12.0 Å². The van der Waals surface area contributed by atoms with E-state index in [-0.39, 0.29) is 12.5 Å². The van der Waals surface area contributed by atoms with Crippen LogP contribution in [0.1, 0.15) is 32.6 Å². The molecule has 0 aromatic rings. The van der Waals surface area contributed by atoms with E-state index < -0.39 is 5.97 Å². The van der Waals surface area contributed by atoms with Crippen molar-refractivity contribution in [3.63, 3.8) is 0 Å². The molecule has 0 radical (unpaired) electrons. The normalized spacial score (nSPS) is 9.73. The maximum absolute atomic E-state index is 11.3. The van der Waals surface area contributed by atoms with Gasteiger partial charge in [0.2, 0.25) is 0 Å². The Labute approximate surface area is 90.5 Å². The van der Waals surface area contributed by atoms with Gasteiger partial charge in [-0.25, -0.2) is 4.79 Å². The van der Waals surface area contributed by atoms with Gasteiger partial charge in [0.15, 0.2) is 0 Å². The molecule has 0 heterocycles. The zero-order valence-corrected chi connectivity index (χ0v) is 9.45. The number of rotatable bonds is 7. The van der Waals surface area contributed by atoms with Crippen molar-refractivity contribution < 1.29 is 14.7 Å². The molecule has 5 heteroatoms. The van der Waals surface area contributed by atoms with E-state index in [4.69, 9.17) is 5.11 Å². The van der Waals surface area contributed by atoms with Gasteiger partial charge in [0.05, 0.1) is 0 Å². The van der Waals surface area contributed by atoms with Crippen LogP contribution in [-0.2, 0) is 4.79 Å². The largest absolute Gasteiger partial charge is 0.481 e. The Morgan fingerprint density at radius 1 is 1.33 bits per heavy atom. The highest BCUT2D eigenvalue weighted by molar-refractivity contribution is 5.73. The topological polar surface area (TPSA) is 69.6 Å². The summed E-state index contributed by atoms with van der Waals surface area (Å²) in [6.07, 6.45) is 2.41. The van der Waals surface area contributed by atoms with Gasteiger partial charge in [-0.05, 0) is 19.3 Å². The minimum atomic E-state index is -0.788. The minimum absolute atomic E-state index is 0.0906. The number of hydrogen-bond acceptors (Lipinski definition) is 2. The number of aliphatic carboxylic acids is 1. The van der Waals surface area contributed by atoms with Gasteiger partial charge in [0.1, 0.15) is 0 Å². The van der Waals surface area contributed by atoms with Crippen molar-refractivity contribution in [2.24, 2.45) is 0 Å². The van der Waals surface area contributed by atoms with Crippen LogP contribution in [0.15, 0.2) is 0 Å². The summed E-state index contributed by atoms with van der Waals surface area (Å²) in [6, 6.07) is -0.0906. The van der Waals surface area contributed by atoms with Gasteiger partial charge in [0, 0.05) is 26.6 Å². The van der Waals surface area contributed by atoms with Crippen molar-refractivity contribution in [2.45, 2.75) is 32.6 Å². The zero-order valence-electron chi connectivity index (χ0n) is 9.45. The standard InChI is InChI=1S/C10H20N2O3/c1-3-8-12(2)10(15)11-7-5-4-6-9(13)14/h3-8H2,1-2H3,(H,11,15)(H,13,14). The molecule has 0 fully saturated rings. The molecule has 0 aromatic heterocycles. The Morgan fingerprint density at radius 2 is 2.00 bits per heavy atom. The van der Waals surface area contributed by atoms with Crippen molar-refractivity contribution in [3.05, 3.63) is 0 Å². The highest BCUT2D eigenvalue weighted by Gasteiger charge is 2.05. The smallest absolute Gasteiger partial charge is 0.317 e. The van der Waals surface area contributed by atoms with Crippen LogP contribution in [0.3, 0.4) is 0 Å². The van der Waals surface area contributed by atoms with Gasteiger partial charge in [-0.3, -0.25) is 4.79 Å². The van der Waals surface area contributed by atoms with E-state index in [0.29, 0.717) is 19.4 Å². The summed E-state index contributed by atoms with van der Waals surface area (Å²) in [7, 11) is 1.75. The molecular weight excluding hydrogens is 196 g/mol. The third kappa shape index (κ3) is 7.78. The average molecular weight is 216 g/mol. The first-order valence-electron chi connectivity index (χ1n) is 5.28. The molecule has 0 unspecified atom stereocenters. The first kappa shape index (κ1) is 13.7. The first-order valence-corrected chi connectivity index (χ1v) is 5.28. The van der Waals surface area contributed by atoms with Gasteiger partial charge in [-0.2, -0.15) is 0 Å². The molecule has 88 valence electrons. The van der Waals surface area contributed by atoms with Crippen LogP contribution in [0.2, 0.25) is 0 Å². The van der Waals surface area contributed by atoms with E-state index in [2.05, 4.69) is 5.32 Å². The number of carbonyl (C=O) groups is 2. The Morgan fingerprint density at radius 3 is 2.53 bits per heavy atom. The maximum atomic E-state index is 11.3. The quantitative estimate of drug-likeness (QED) is 0.630. The molecule has 0 rings (SSSR count). The van der Waals surface area contributed by atoms with E-state index in [1.54, 1.807) is 11.9 Å². The van der Waals surface area contributed by atoms with Crippen molar-refractivity contribution in [1.29, 1.82) is 0 Å². The number of carboxylic acids is 1. The third-order valence-corrected chi connectivity index (χ3v) is 2.00. The zero-order chi connectivity index (χ0) is 11.7. The fraction of sp³-hybridized carbons (Fsp3) is 0.800. The SMILES string of the molecule is CCCN(C)C(=O)NCCCCC(=O)O. The minimum Gasteiger partial charge on any atom is -0.481 e. The molecule has 0 atom stereocenters. The number of urea groups is 1. The molecule has 0 saturated carbocycles. The molecule has 0 bridgehead atoms. The van der Waals surface area contributed by atoms with Crippen LogP contribution in [0.5, 0.6) is 0 Å². The van der Waals surface area contributed by atoms with E-state index in [0.717, 1.165) is 13.0 Å². The molecule has 5 nitrogen and oxygen atoms in total. The maximum Gasteiger partial charge on any atom is 0.317 e. The summed E-state index contributed by atoms with van der Waals surface area (Å²) in [4.78, 5) is 23.1. The van der Waals surface area contributed by atoms with E-state index >= 15 is 0 Å². The summed E-state index contributed by atoms with van der Waals surface area (Å²) in [5.41, 5.74) is 0. The second-order valence-electron chi connectivity index (χ2n) is 3.50. The molecule has 0 spiro atoms. The predicted octanol–water partition coefficient (Wildman–Crippen LogP) is 1.29. The summed E-state index contributed by atoms with van der Waals surface area (Å²) in [5, 5.41) is 11.1. The molecular formula is C10H20N2O3. The summed E-state index contributed by atoms with van der Waals surface area (Å²) < 4.78 is 0. The number of carboxylic acid groups (broad SMARTS) is 1. The van der Waals surface area contributed by atoms with Gasteiger partial charge in [0.25, 0.3) is 0 Å². The van der Waals surface area contributed by atoms with Crippen LogP contribution >= 0.6 is 0 Å². The molecule has 15 heavy (non-hydrogen) atoms. The lowest BCUT2D eigenvalue weighted by Crippen LogP contribution is -2.38. The number of amides is 2. The highest BCUT2D eigenvalue weighted by atomic mass is 16.4. The molecule has 0 saturated heterocycles. The van der Waals surface area contributed by atoms with Crippen molar-refractivity contribution in [3.8, 4) is 0 Å². The van der Waals surface area contributed by atoms with Crippen LogP contribution in [0, 0.1) is 0 Å². The van der Waals surface area contributed by atoms with Crippen LogP contribution in [0.4, 0.5) is 4.79 Å². The number of carbonyl (C=O) groups excluding carboxylic acids is 1. The monoisotopic (exact) mass is 216 g/mol. The van der Waals surface area contributed by atoms with Crippen molar-refractivity contribution in [2.75, 3.05) is 20.1 Å². The van der Waals surface area contributed by atoms with E-state index in [1.807, 2.05) is 6.92 Å². The van der Waals surface area contributed by atoms with Gasteiger partial charge < -0.3 is 15.3 Å². The molecule has 0 aromatic carbocycles. The predicted molar refractivity (Wildman–Crippen MR) is 57.8 cm³/mol. The van der Waals surface area contributed by atoms with Gasteiger partial charge in [-0.15, -0.1) is 0 Å². The lowest BCUT2D eigenvalue weighted by molar-refractivity contribution is -0.137. The summed E-state index contributed by atoms with van der Waals surface area (Å²) in [6.45, 7) is 3.29. The van der Waals surface area contributed by atoms with Crippen molar-refractivity contribution in [1.82, 2.24) is 10.2 Å². The van der Waals surface area contributed by atoms with Gasteiger partial charge in [-0.1, -0.05) is 6.92 Å². The average Bonchev–Trinajstić information content (AvgIpc) is 2.16. The number of hydrogen-bond donors (Lipinski definition) is 2. The fourth-order valence-electron chi connectivity index (χ4n) is 1.17. The lowest BCUT2D eigenvalue weighted by Gasteiger charge is -2.16. The number of unbranched alkanes of at least 4 members (excludes halogenated alkanes) is 1. The van der Waals surface area contributed by atoms with Gasteiger partial charge >= 0.3 is 12.0 Å². The fourth-order valence-corrected chi connectivity index (χ4v) is 1.17. The Hall–Kier alpha value is -1.26. The Balaban J connectivity index is 3.42. The molecule has 0 aliphatic rings. The number of nitrogens with zero attached hydrogens (tertiary/aromatic N) is 1. The van der Waals surface area contributed by atoms with Crippen LogP contribution in [0.25, 0.3) is 0 Å². The first-order chi connectivity index (χ1) is 7.07. The molecule has 0 aliphatic heterocycles. The van der Waals surface area contributed by atoms with Crippen LogP contribution in [-0.4, -0.2) is 42.1 Å². The summed E-state index contributed by atoms with van der Waals surface area (Å²) in [5.74, 6) is -0.788. The van der Waals surface area contributed by atoms with E-state index in [9.17, 15) is 9.59 Å². The summed E-state index contributed by atoms with van der Waals surface area (Å²) >= 11 is 0. The van der Waals surface area contributed by atoms with E-state index in [1.165, 1.54) is 0 Å². The molecule has 0 aliphatic carbocycles. The highest BCUT2D eigenvalue weighted by Crippen LogP contribution is 1.94. The Bertz CT molecular complexity index is 207. The number of nitrogens with one attached hydrogen (secondary N) is 1. The molecule has 2 N–H and O–H groups in total. The van der Waals surface area contributed by atoms with Crippen LogP contribution < -0.4 is 5.32 Å².